The molecule has 0 unspecified atom stereocenters. The fourth-order valence-electron chi connectivity index (χ4n) is 2.87. The zero-order valence-corrected chi connectivity index (χ0v) is 11.9. The Bertz CT molecular complexity index is 394. The van der Waals surface area contributed by atoms with Crippen molar-refractivity contribution >= 4 is 0 Å². The molecule has 1 aromatic carbocycles. The maximum Gasteiger partial charge on any atom is 0.124 e. The van der Waals surface area contributed by atoms with Gasteiger partial charge in [0.05, 0.1) is 7.11 Å². The predicted molar refractivity (Wildman–Crippen MR) is 75.2 cm³/mol. The largest absolute Gasteiger partial charge is 0.496 e. The third kappa shape index (κ3) is 3.03. The van der Waals surface area contributed by atoms with Crippen molar-refractivity contribution < 1.29 is 4.74 Å². The summed E-state index contributed by atoms with van der Waals surface area (Å²) in [5.41, 5.74) is 3.85. The van der Waals surface area contributed by atoms with E-state index in [9.17, 15) is 0 Å². The number of methoxy groups -OCH3 is 1. The van der Waals surface area contributed by atoms with Crippen LogP contribution in [0.1, 0.15) is 23.6 Å². The van der Waals surface area contributed by atoms with Gasteiger partial charge in [-0.25, -0.2) is 0 Å². The van der Waals surface area contributed by atoms with E-state index < -0.39 is 0 Å². The van der Waals surface area contributed by atoms with Gasteiger partial charge >= 0.3 is 0 Å². The molecule has 1 aliphatic heterocycles. The summed E-state index contributed by atoms with van der Waals surface area (Å²) in [6.07, 6.45) is 0. The summed E-state index contributed by atoms with van der Waals surface area (Å²) < 4.78 is 5.41. The van der Waals surface area contributed by atoms with Gasteiger partial charge in [-0.05, 0) is 37.5 Å². The Balaban J connectivity index is 2.09. The minimum absolute atomic E-state index is 0.596. The standard InChI is InChI=1S/C15H24N2O/c1-11-7-14(8-12(2)15(11)18-4)10-17-6-5-16-13(3)9-17/h7-8,13,16H,5-6,9-10H2,1-4H3/t13-/m0/s1. The molecule has 0 aromatic heterocycles. The second-order valence-electron chi connectivity index (χ2n) is 5.35. The van der Waals surface area contributed by atoms with Crippen LogP contribution < -0.4 is 10.1 Å². The van der Waals surface area contributed by atoms with Crippen molar-refractivity contribution in [3.8, 4) is 5.75 Å². The highest BCUT2D eigenvalue weighted by Crippen LogP contribution is 2.25. The molecular formula is C15H24N2O. The van der Waals surface area contributed by atoms with Gasteiger partial charge < -0.3 is 10.1 Å². The Morgan fingerprint density at radius 3 is 2.56 bits per heavy atom. The zero-order chi connectivity index (χ0) is 13.1. The van der Waals surface area contributed by atoms with Crippen LogP contribution in [0.15, 0.2) is 12.1 Å². The van der Waals surface area contributed by atoms with Crippen LogP contribution in [-0.4, -0.2) is 37.7 Å². The fraction of sp³-hybridized carbons (Fsp3) is 0.600. The maximum absolute atomic E-state index is 5.41. The molecule has 1 N–H and O–H groups in total. The molecule has 1 saturated heterocycles. The molecule has 0 amide bonds. The SMILES string of the molecule is COc1c(C)cc(CN2CCN[C@@H](C)C2)cc1C. The number of rotatable bonds is 3. The first-order valence-corrected chi connectivity index (χ1v) is 6.70. The first-order chi connectivity index (χ1) is 8.60. The molecule has 0 spiro atoms. The van der Waals surface area contributed by atoms with Crippen molar-refractivity contribution in [2.75, 3.05) is 26.7 Å². The van der Waals surface area contributed by atoms with Gasteiger partial charge in [0.2, 0.25) is 0 Å². The summed E-state index contributed by atoms with van der Waals surface area (Å²) in [5.74, 6) is 1.02. The van der Waals surface area contributed by atoms with Crippen molar-refractivity contribution in [2.45, 2.75) is 33.4 Å². The molecule has 0 bridgehead atoms. The van der Waals surface area contributed by atoms with Crippen LogP contribution in [0, 0.1) is 13.8 Å². The van der Waals surface area contributed by atoms with Crippen LogP contribution in [0.3, 0.4) is 0 Å². The fourth-order valence-corrected chi connectivity index (χ4v) is 2.87. The Labute approximate surface area is 110 Å². The van der Waals surface area contributed by atoms with Gasteiger partial charge in [-0.2, -0.15) is 0 Å². The van der Waals surface area contributed by atoms with Crippen molar-refractivity contribution in [3.63, 3.8) is 0 Å². The topological polar surface area (TPSA) is 24.5 Å². The average molecular weight is 248 g/mol. The minimum Gasteiger partial charge on any atom is -0.496 e. The van der Waals surface area contributed by atoms with Crippen LogP contribution in [-0.2, 0) is 6.54 Å². The van der Waals surface area contributed by atoms with Gasteiger partial charge in [0.25, 0.3) is 0 Å². The second kappa shape index (κ2) is 5.72. The van der Waals surface area contributed by atoms with E-state index in [-0.39, 0.29) is 0 Å². The van der Waals surface area contributed by atoms with Gasteiger partial charge in [-0.1, -0.05) is 12.1 Å². The predicted octanol–water partition coefficient (Wildman–Crippen LogP) is 2.11. The molecule has 3 heteroatoms. The monoisotopic (exact) mass is 248 g/mol. The van der Waals surface area contributed by atoms with Crippen molar-refractivity contribution in [1.29, 1.82) is 0 Å². The van der Waals surface area contributed by atoms with Gasteiger partial charge in [-0.15, -0.1) is 0 Å². The Kier molecular flexibility index (Phi) is 4.25. The number of aryl methyl sites for hydroxylation is 2. The maximum atomic E-state index is 5.41. The third-order valence-corrected chi connectivity index (χ3v) is 3.58. The van der Waals surface area contributed by atoms with Crippen molar-refractivity contribution in [3.05, 3.63) is 28.8 Å². The lowest BCUT2D eigenvalue weighted by Crippen LogP contribution is -2.48. The quantitative estimate of drug-likeness (QED) is 0.886. The molecule has 1 heterocycles. The average Bonchev–Trinajstić information content (AvgIpc) is 2.28. The number of hydrogen-bond donors (Lipinski definition) is 1. The molecule has 0 aliphatic carbocycles. The first-order valence-electron chi connectivity index (χ1n) is 6.70. The summed E-state index contributed by atoms with van der Waals surface area (Å²) in [7, 11) is 1.74. The highest BCUT2D eigenvalue weighted by molar-refractivity contribution is 5.43. The molecule has 1 atom stereocenters. The summed E-state index contributed by atoms with van der Waals surface area (Å²) in [4.78, 5) is 2.52. The van der Waals surface area contributed by atoms with Gasteiger partial charge in [0.1, 0.15) is 5.75 Å². The van der Waals surface area contributed by atoms with E-state index in [0.717, 1.165) is 31.9 Å². The minimum atomic E-state index is 0.596. The smallest absolute Gasteiger partial charge is 0.124 e. The lowest BCUT2D eigenvalue weighted by atomic mass is 10.0. The normalized spacial score (nSPS) is 21.0. The van der Waals surface area contributed by atoms with E-state index in [4.69, 9.17) is 4.74 Å². The molecule has 2 rings (SSSR count). The molecule has 0 saturated carbocycles. The highest BCUT2D eigenvalue weighted by Gasteiger charge is 2.16. The van der Waals surface area contributed by atoms with Gasteiger partial charge in [-0.3, -0.25) is 4.90 Å². The molecule has 18 heavy (non-hydrogen) atoms. The van der Waals surface area contributed by atoms with E-state index in [1.807, 2.05) is 0 Å². The Hall–Kier alpha value is -1.06. The summed E-state index contributed by atoms with van der Waals surface area (Å²) >= 11 is 0. The molecule has 0 radical (unpaired) electrons. The summed E-state index contributed by atoms with van der Waals surface area (Å²) in [6.45, 7) is 10.9. The summed E-state index contributed by atoms with van der Waals surface area (Å²) in [6, 6.07) is 5.09. The molecule has 1 fully saturated rings. The van der Waals surface area contributed by atoms with Gasteiger partial charge in [0.15, 0.2) is 0 Å². The zero-order valence-electron chi connectivity index (χ0n) is 11.9. The van der Waals surface area contributed by atoms with Crippen LogP contribution in [0.25, 0.3) is 0 Å². The van der Waals surface area contributed by atoms with Crippen LogP contribution in [0.2, 0.25) is 0 Å². The van der Waals surface area contributed by atoms with E-state index in [2.05, 4.69) is 43.1 Å². The lowest BCUT2D eigenvalue weighted by Gasteiger charge is -2.32. The number of piperazine rings is 1. The Morgan fingerprint density at radius 1 is 1.33 bits per heavy atom. The third-order valence-electron chi connectivity index (χ3n) is 3.58. The molecule has 1 aromatic rings. The number of benzene rings is 1. The molecule has 1 aliphatic rings. The number of ether oxygens (including phenoxy) is 1. The second-order valence-corrected chi connectivity index (χ2v) is 5.35. The van der Waals surface area contributed by atoms with Crippen molar-refractivity contribution in [2.24, 2.45) is 0 Å². The first kappa shape index (κ1) is 13.4. The van der Waals surface area contributed by atoms with Gasteiger partial charge in [0, 0.05) is 32.2 Å². The lowest BCUT2D eigenvalue weighted by molar-refractivity contribution is 0.199. The number of nitrogens with zero attached hydrogens (tertiary/aromatic N) is 1. The molecule has 3 nitrogen and oxygen atoms in total. The molecular weight excluding hydrogens is 224 g/mol. The van der Waals surface area contributed by atoms with Crippen LogP contribution in [0.5, 0.6) is 5.75 Å². The number of hydrogen-bond acceptors (Lipinski definition) is 3. The number of nitrogens with one attached hydrogen (secondary N) is 1. The van der Waals surface area contributed by atoms with E-state index >= 15 is 0 Å². The van der Waals surface area contributed by atoms with E-state index in [1.165, 1.54) is 16.7 Å². The summed E-state index contributed by atoms with van der Waals surface area (Å²) in [5, 5.41) is 3.48. The Morgan fingerprint density at radius 2 is 2.00 bits per heavy atom. The molecule has 100 valence electrons. The highest BCUT2D eigenvalue weighted by atomic mass is 16.5. The van der Waals surface area contributed by atoms with E-state index in [1.54, 1.807) is 7.11 Å². The van der Waals surface area contributed by atoms with Crippen molar-refractivity contribution in [1.82, 2.24) is 10.2 Å². The van der Waals surface area contributed by atoms with E-state index in [0.29, 0.717) is 6.04 Å². The van der Waals surface area contributed by atoms with Crippen LogP contribution in [0.4, 0.5) is 0 Å². The van der Waals surface area contributed by atoms with Crippen LogP contribution >= 0.6 is 0 Å².